The first-order chi connectivity index (χ1) is 9.06. The number of hydrogen-bond acceptors (Lipinski definition) is 4. The maximum atomic E-state index is 8.98. The van der Waals surface area contributed by atoms with Crippen LogP contribution in [0.3, 0.4) is 0 Å². The quantitative estimate of drug-likeness (QED) is 0.825. The van der Waals surface area contributed by atoms with Crippen LogP contribution in [0.25, 0.3) is 11.3 Å². The fourth-order valence-corrected chi connectivity index (χ4v) is 2.06. The summed E-state index contributed by atoms with van der Waals surface area (Å²) in [6.45, 7) is 5.82. The molecule has 96 valence electrons. The normalized spacial score (nSPS) is 10.1. The van der Waals surface area contributed by atoms with Gasteiger partial charge >= 0.3 is 0 Å². The van der Waals surface area contributed by atoms with Crippen LogP contribution in [-0.2, 0) is 0 Å². The highest BCUT2D eigenvalue weighted by Crippen LogP contribution is 2.30. The van der Waals surface area contributed by atoms with Crippen LogP contribution in [0.15, 0.2) is 18.2 Å². The minimum absolute atomic E-state index is 0.385. The summed E-state index contributed by atoms with van der Waals surface area (Å²) >= 11 is 0. The highest BCUT2D eigenvalue weighted by molar-refractivity contribution is 5.67. The molecule has 1 heterocycles. The Labute approximate surface area is 112 Å². The minimum Gasteiger partial charge on any atom is -0.496 e. The van der Waals surface area contributed by atoms with Crippen LogP contribution in [-0.4, -0.2) is 17.1 Å². The van der Waals surface area contributed by atoms with Gasteiger partial charge in [0.2, 0.25) is 0 Å². The number of aryl methyl sites for hydroxylation is 1. The molecule has 4 nitrogen and oxygen atoms in total. The van der Waals surface area contributed by atoms with Crippen molar-refractivity contribution < 1.29 is 4.74 Å². The first kappa shape index (κ1) is 13.0. The molecule has 0 saturated carbocycles. The molecule has 0 aliphatic carbocycles. The summed E-state index contributed by atoms with van der Waals surface area (Å²) in [6.07, 6.45) is 0. The van der Waals surface area contributed by atoms with E-state index in [1.54, 1.807) is 20.1 Å². The first-order valence-corrected chi connectivity index (χ1v) is 5.97. The molecule has 0 amide bonds. The van der Waals surface area contributed by atoms with E-state index >= 15 is 0 Å². The van der Waals surface area contributed by atoms with Gasteiger partial charge in [-0.1, -0.05) is 0 Å². The van der Waals surface area contributed by atoms with Gasteiger partial charge < -0.3 is 4.74 Å². The van der Waals surface area contributed by atoms with E-state index in [1.165, 1.54) is 0 Å². The zero-order valence-corrected chi connectivity index (χ0v) is 11.5. The van der Waals surface area contributed by atoms with Crippen molar-refractivity contribution in [3.05, 3.63) is 40.8 Å². The molecule has 0 spiro atoms. The fourth-order valence-electron chi connectivity index (χ4n) is 2.06. The summed E-state index contributed by atoms with van der Waals surface area (Å²) in [4.78, 5) is 8.47. The molecule has 2 rings (SSSR count). The van der Waals surface area contributed by atoms with Crippen molar-refractivity contribution in [2.75, 3.05) is 7.11 Å². The van der Waals surface area contributed by atoms with E-state index in [2.05, 4.69) is 16.0 Å². The molecule has 0 atom stereocenters. The number of benzene rings is 1. The average molecular weight is 253 g/mol. The molecule has 0 aliphatic heterocycles. The van der Waals surface area contributed by atoms with Gasteiger partial charge in [-0.2, -0.15) is 5.26 Å². The van der Waals surface area contributed by atoms with Crippen LogP contribution in [0.5, 0.6) is 5.75 Å². The molecule has 0 bridgehead atoms. The molecule has 1 aromatic carbocycles. The van der Waals surface area contributed by atoms with Crippen LogP contribution < -0.4 is 4.74 Å². The zero-order chi connectivity index (χ0) is 14.0. The Morgan fingerprint density at radius 3 is 2.47 bits per heavy atom. The molecule has 1 aromatic heterocycles. The summed E-state index contributed by atoms with van der Waals surface area (Å²) in [5, 5.41) is 8.98. The number of rotatable bonds is 2. The molecular formula is C15H15N3O. The van der Waals surface area contributed by atoms with E-state index in [0.717, 1.165) is 28.1 Å². The van der Waals surface area contributed by atoms with Crippen molar-refractivity contribution in [3.8, 4) is 23.1 Å². The van der Waals surface area contributed by atoms with Gasteiger partial charge in [0.25, 0.3) is 0 Å². The van der Waals surface area contributed by atoms with Crippen molar-refractivity contribution in [1.82, 2.24) is 9.97 Å². The van der Waals surface area contributed by atoms with Crippen LogP contribution >= 0.6 is 0 Å². The number of ether oxygens (including phenoxy) is 1. The molecule has 0 fully saturated rings. The van der Waals surface area contributed by atoms with E-state index in [0.29, 0.717) is 11.5 Å². The van der Waals surface area contributed by atoms with E-state index in [4.69, 9.17) is 10.00 Å². The van der Waals surface area contributed by atoms with Crippen LogP contribution in [0, 0.1) is 32.1 Å². The second-order valence-electron chi connectivity index (χ2n) is 4.36. The molecule has 0 N–H and O–H groups in total. The lowest BCUT2D eigenvalue weighted by molar-refractivity contribution is 0.411. The summed E-state index contributed by atoms with van der Waals surface area (Å²) in [7, 11) is 1.66. The lowest BCUT2D eigenvalue weighted by atomic mass is 9.99. The molecule has 2 aromatic rings. The number of methoxy groups -OCH3 is 1. The highest BCUT2D eigenvalue weighted by Gasteiger charge is 2.11. The zero-order valence-electron chi connectivity index (χ0n) is 11.5. The van der Waals surface area contributed by atoms with Crippen molar-refractivity contribution in [3.63, 3.8) is 0 Å². The predicted molar refractivity (Wildman–Crippen MR) is 72.9 cm³/mol. The summed E-state index contributed by atoms with van der Waals surface area (Å²) < 4.78 is 5.30. The van der Waals surface area contributed by atoms with Gasteiger partial charge in [-0.25, -0.2) is 9.97 Å². The van der Waals surface area contributed by atoms with E-state index in [9.17, 15) is 0 Å². The molecule has 0 aliphatic rings. The van der Waals surface area contributed by atoms with Crippen molar-refractivity contribution in [2.45, 2.75) is 20.8 Å². The van der Waals surface area contributed by atoms with Gasteiger partial charge in [-0.05, 0) is 44.0 Å². The van der Waals surface area contributed by atoms with Gasteiger partial charge in [0.15, 0.2) is 0 Å². The minimum atomic E-state index is 0.385. The van der Waals surface area contributed by atoms with Gasteiger partial charge in [0, 0.05) is 11.6 Å². The second kappa shape index (κ2) is 5.07. The van der Waals surface area contributed by atoms with Crippen LogP contribution in [0.4, 0.5) is 0 Å². The Morgan fingerprint density at radius 1 is 1.11 bits per heavy atom. The number of hydrogen-bond donors (Lipinski definition) is 0. The Hall–Kier alpha value is -2.41. The largest absolute Gasteiger partial charge is 0.496 e. The maximum absolute atomic E-state index is 8.98. The van der Waals surface area contributed by atoms with Gasteiger partial charge in [0.1, 0.15) is 23.3 Å². The predicted octanol–water partition coefficient (Wildman–Crippen LogP) is 2.95. The molecule has 4 heteroatoms. The smallest absolute Gasteiger partial charge is 0.144 e. The van der Waals surface area contributed by atoms with Gasteiger partial charge in [-0.15, -0.1) is 0 Å². The average Bonchev–Trinajstić information content (AvgIpc) is 2.41. The lowest BCUT2D eigenvalue weighted by Crippen LogP contribution is -1.98. The molecule has 0 unspecified atom stereocenters. The third kappa shape index (κ3) is 2.41. The maximum Gasteiger partial charge on any atom is 0.144 e. The SMILES string of the molecule is COc1ccc(-c2cc(C#N)nc(C)n2)c(C)c1C. The Balaban J connectivity index is 2.63. The molecular weight excluding hydrogens is 238 g/mol. The van der Waals surface area contributed by atoms with E-state index in [1.807, 2.05) is 26.0 Å². The van der Waals surface area contributed by atoms with Crippen molar-refractivity contribution in [1.29, 1.82) is 5.26 Å². The monoisotopic (exact) mass is 253 g/mol. The topological polar surface area (TPSA) is 58.8 Å². The number of nitrogens with zero attached hydrogens (tertiary/aromatic N) is 3. The van der Waals surface area contributed by atoms with Crippen molar-refractivity contribution >= 4 is 0 Å². The lowest BCUT2D eigenvalue weighted by Gasteiger charge is -2.12. The van der Waals surface area contributed by atoms with Gasteiger partial charge in [-0.3, -0.25) is 0 Å². The fraction of sp³-hybridized carbons (Fsp3) is 0.267. The van der Waals surface area contributed by atoms with E-state index in [-0.39, 0.29) is 0 Å². The van der Waals surface area contributed by atoms with Crippen LogP contribution in [0.1, 0.15) is 22.6 Å². The Morgan fingerprint density at radius 2 is 1.84 bits per heavy atom. The van der Waals surface area contributed by atoms with E-state index < -0.39 is 0 Å². The number of aromatic nitrogens is 2. The summed E-state index contributed by atoms with van der Waals surface area (Å²) in [5.74, 6) is 1.45. The highest BCUT2D eigenvalue weighted by atomic mass is 16.5. The third-order valence-corrected chi connectivity index (χ3v) is 3.19. The summed E-state index contributed by atoms with van der Waals surface area (Å²) in [5.41, 5.74) is 4.33. The second-order valence-corrected chi connectivity index (χ2v) is 4.36. The molecule has 0 saturated heterocycles. The van der Waals surface area contributed by atoms with Crippen LogP contribution in [0.2, 0.25) is 0 Å². The number of nitriles is 1. The molecule has 0 radical (unpaired) electrons. The third-order valence-electron chi connectivity index (χ3n) is 3.19. The Bertz CT molecular complexity index is 672. The van der Waals surface area contributed by atoms with Gasteiger partial charge in [0.05, 0.1) is 12.8 Å². The van der Waals surface area contributed by atoms with Crippen molar-refractivity contribution in [2.24, 2.45) is 0 Å². The summed E-state index contributed by atoms with van der Waals surface area (Å²) in [6, 6.07) is 7.65. The molecule has 19 heavy (non-hydrogen) atoms. The Kier molecular flexibility index (Phi) is 3.48. The first-order valence-electron chi connectivity index (χ1n) is 5.97. The standard InChI is InChI=1S/C15H15N3O/c1-9-10(2)15(19-4)6-5-13(9)14-7-12(8-16)17-11(3)18-14/h5-7H,1-4H3.